The predicted molar refractivity (Wildman–Crippen MR) is 131 cm³/mol. The second-order valence-electron chi connectivity index (χ2n) is 9.45. The number of fused-ring (bicyclic) bond motifs is 3. The maximum absolute atomic E-state index is 13.6. The highest BCUT2D eigenvalue weighted by atomic mass is 35.5. The Bertz CT molecular complexity index is 1260. The summed E-state index contributed by atoms with van der Waals surface area (Å²) in [5, 5.41) is 9.35. The molecule has 2 aliphatic rings. The van der Waals surface area contributed by atoms with Gasteiger partial charge in [0, 0.05) is 36.3 Å². The van der Waals surface area contributed by atoms with Crippen LogP contribution < -0.4 is 9.64 Å². The number of nitrogens with zero attached hydrogens (tertiary/aromatic N) is 6. The third kappa shape index (κ3) is 4.64. The van der Waals surface area contributed by atoms with Crippen molar-refractivity contribution in [2.24, 2.45) is 0 Å². The molecular weight excluding hydrogens is 493 g/mol. The summed E-state index contributed by atoms with van der Waals surface area (Å²) in [4.78, 5) is 8.27. The Morgan fingerprint density at radius 2 is 1.83 bits per heavy atom. The topological polar surface area (TPSA) is 59.3 Å². The van der Waals surface area contributed by atoms with Crippen LogP contribution in [0.4, 0.5) is 19.0 Å². The van der Waals surface area contributed by atoms with E-state index in [-0.39, 0.29) is 19.0 Å². The van der Waals surface area contributed by atoms with Crippen molar-refractivity contribution in [1.29, 1.82) is 0 Å². The summed E-state index contributed by atoms with van der Waals surface area (Å²) in [5.41, 5.74) is 2.43. The molecule has 1 unspecified atom stereocenters. The van der Waals surface area contributed by atoms with E-state index < -0.39 is 12.2 Å². The number of pyridine rings is 1. The van der Waals surface area contributed by atoms with E-state index in [0.29, 0.717) is 10.8 Å². The van der Waals surface area contributed by atoms with Gasteiger partial charge in [-0.05, 0) is 62.6 Å². The Morgan fingerprint density at radius 1 is 1.08 bits per heavy atom. The molecule has 0 spiro atoms. The largest absolute Gasteiger partial charge is 0.493 e. The first-order valence-electron chi connectivity index (χ1n) is 12.0. The van der Waals surface area contributed by atoms with Gasteiger partial charge in [-0.3, -0.25) is 9.47 Å². The Morgan fingerprint density at radius 3 is 2.53 bits per heavy atom. The second-order valence-corrected chi connectivity index (χ2v) is 9.88. The van der Waals surface area contributed by atoms with Crippen molar-refractivity contribution in [3.8, 4) is 11.4 Å². The molecule has 0 amide bonds. The van der Waals surface area contributed by atoms with Gasteiger partial charge in [-0.15, -0.1) is 10.2 Å². The van der Waals surface area contributed by atoms with E-state index in [1.165, 1.54) is 11.8 Å². The lowest BCUT2D eigenvalue weighted by molar-refractivity contribution is -0.182. The van der Waals surface area contributed by atoms with Crippen LogP contribution >= 0.6 is 11.6 Å². The summed E-state index contributed by atoms with van der Waals surface area (Å²) >= 11 is 6.24. The molecule has 0 aliphatic carbocycles. The molecule has 0 saturated carbocycles. The zero-order valence-electron chi connectivity index (χ0n) is 20.4. The monoisotopic (exact) mass is 520 g/mol. The van der Waals surface area contributed by atoms with Crippen LogP contribution in [0.2, 0.25) is 5.02 Å². The maximum atomic E-state index is 13.6. The molecule has 5 rings (SSSR count). The highest BCUT2D eigenvalue weighted by Gasteiger charge is 2.42. The molecule has 2 aliphatic heterocycles. The smallest absolute Gasteiger partial charge is 0.403 e. The second kappa shape index (κ2) is 9.55. The lowest BCUT2D eigenvalue weighted by Gasteiger charge is -2.33. The summed E-state index contributed by atoms with van der Waals surface area (Å²) in [5.74, 6) is 2.95. The number of halogens is 4. The van der Waals surface area contributed by atoms with Gasteiger partial charge in [-0.2, -0.15) is 13.2 Å². The average molecular weight is 521 g/mol. The minimum atomic E-state index is -4.35. The number of alkyl halides is 3. The molecule has 1 atom stereocenters. The number of benzene rings is 1. The first kappa shape index (κ1) is 24.8. The molecule has 0 bridgehead atoms. The predicted octanol–water partition coefficient (Wildman–Crippen LogP) is 5.28. The quantitative estimate of drug-likeness (QED) is 0.466. The number of hydrogen-bond donors (Lipinski definition) is 0. The van der Waals surface area contributed by atoms with Gasteiger partial charge in [-0.25, -0.2) is 4.98 Å². The van der Waals surface area contributed by atoms with E-state index in [0.717, 1.165) is 60.3 Å². The van der Waals surface area contributed by atoms with Crippen molar-refractivity contribution in [2.75, 3.05) is 25.1 Å². The molecule has 0 N–H and O–H groups in total. The minimum Gasteiger partial charge on any atom is -0.493 e. The standard InChI is InChI=1S/C25H28ClF3N6O/c1-15-4-7-21(36-3)24(30-15)33-10-8-17(9-11-33)23-32-31-22-14-34(16(2)25(27,28)29)13-18-12-19(26)5-6-20(18)35(22)23/h4-7,12,16-17H,8-11,13-14H2,1-3H3. The van der Waals surface area contributed by atoms with Crippen molar-refractivity contribution in [1.82, 2.24) is 24.6 Å². The molecule has 36 heavy (non-hydrogen) atoms. The molecule has 11 heteroatoms. The average Bonchev–Trinajstić information content (AvgIpc) is 3.19. The lowest BCUT2D eigenvalue weighted by atomic mass is 9.95. The lowest BCUT2D eigenvalue weighted by Crippen LogP contribution is -2.42. The van der Waals surface area contributed by atoms with Gasteiger partial charge < -0.3 is 9.64 Å². The molecule has 4 heterocycles. The number of piperidine rings is 1. The normalized spacial score (nSPS) is 17.9. The Kier molecular flexibility index (Phi) is 6.59. The molecule has 7 nitrogen and oxygen atoms in total. The molecule has 1 aromatic carbocycles. The maximum Gasteiger partial charge on any atom is 0.403 e. The van der Waals surface area contributed by atoms with Crippen LogP contribution in [-0.2, 0) is 13.1 Å². The van der Waals surface area contributed by atoms with Crippen molar-refractivity contribution in [2.45, 2.75) is 57.9 Å². The Labute approximate surface area is 212 Å². The van der Waals surface area contributed by atoms with E-state index in [4.69, 9.17) is 16.3 Å². The third-order valence-electron chi connectivity index (χ3n) is 7.14. The first-order chi connectivity index (χ1) is 17.2. The van der Waals surface area contributed by atoms with Gasteiger partial charge >= 0.3 is 6.18 Å². The van der Waals surface area contributed by atoms with E-state index in [9.17, 15) is 13.2 Å². The van der Waals surface area contributed by atoms with E-state index in [2.05, 4.69) is 20.1 Å². The summed E-state index contributed by atoms with van der Waals surface area (Å²) in [6.45, 7) is 4.81. The number of hydrogen-bond acceptors (Lipinski definition) is 6. The highest BCUT2D eigenvalue weighted by Crippen LogP contribution is 2.37. The molecule has 3 aromatic rings. The van der Waals surface area contributed by atoms with Gasteiger partial charge in [0.05, 0.1) is 19.3 Å². The van der Waals surface area contributed by atoms with Crippen LogP contribution in [0.3, 0.4) is 0 Å². The van der Waals surface area contributed by atoms with Gasteiger partial charge in [-0.1, -0.05) is 11.6 Å². The van der Waals surface area contributed by atoms with Gasteiger partial charge in [0.25, 0.3) is 0 Å². The first-order valence-corrected chi connectivity index (χ1v) is 12.3. The fourth-order valence-corrected chi connectivity index (χ4v) is 5.26. The van der Waals surface area contributed by atoms with E-state index in [1.54, 1.807) is 19.2 Å². The van der Waals surface area contributed by atoms with Crippen molar-refractivity contribution in [3.05, 3.63) is 58.3 Å². The van der Waals surface area contributed by atoms with E-state index in [1.807, 2.05) is 29.7 Å². The SMILES string of the molecule is COc1ccc(C)nc1N1CCC(c2nnc3n2-c2ccc(Cl)cc2CN(C(C)C(F)(F)F)C3)CC1. The van der Waals surface area contributed by atoms with Crippen molar-refractivity contribution in [3.63, 3.8) is 0 Å². The fourth-order valence-electron chi connectivity index (χ4n) is 5.06. The van der Waals surface area contributed by atoms with E-state index >= 15 is 0 Å². The fraction of sp³-hybridized carbons (Fsp3) is 0.480. The van der Waals surface area contributed by atoms with Crippen LogP contribution in [0.5, 0.6) is 5.75 Å². The molecule has 0 radical (unpaired) electrons. The molecule has 1 saturated heterocycles. The number of aromatic nitrogens is 4. The molecule has 2 aromatic heterocycles. The van der Waals surface area contributed by atoms with Gasteiger partial charge in [0.1, 0.15) is 11.9 Å². The minimum absolute atomic E-state index is 0.0449. The van der Waals surface area contributed by atoms with Crippen molar-refractivity contribution < 1.29 is 17.9 Å². The molecule has 1 fully saturated rings. The summed E-state index contributed by atoms with van der Waals surface area (Å²) in [6.07, 6.45) is -2.74. The van der Waals surface area contributed by atoms with Crippen LogP contribution in [0.1, 0.15) is 48.6 Å². The number of rotatable bonds is 4. The van der Waals surface area contributed by atoms with Gasteiger partial charge in [0.2, 0.25) is 0 Å². The van der Waals surface area contributed by atoms with Crippen LogP contribution in [0, 0.1) is 6.92 Å². The van der Waals surface area contributed by atoms with Crippen LogP contribution in [0.15, 0.2) is 30.3 Å². The Balaban J connectivity index is 1.45. The summed E-state index contributed by atoms with van der Waals surface area (Å²) in [6, 6.07) is 7.58. The summed E-state index contributed by atoms with van der Waals surface area (Å²) in [7, 11) is 1.64. The molecular formula is C25H28ClF3N6O. The molecule has 192 valence electrons. The van der Waals surface area contributed by atoms with Gasteiger partial charge in [0.15, 0.2) is 17.4 Å². The number of ether oxygens (including phenoxy) is 1. The van der Waals surface area contributed by atoms with Crippen molar-refractivity contribution >= 4 is 17.4 Å². The number of methoxy groups -OCH3 is 1. The number of anilines is 1. The summed E-state index contributed by atoms with van der Waals surface area (Å²) < 4.78 is 48.3. The number of aryl methyl sites for hydroxylation is 1. The van der Waals surface area contributed by atoms with Crippen LogP contribution in [-0.4, -0.2) is 57.1 Å². The zero-order chi connectivity index (χ0) is 25.6. The van der Waals surface area contributed by atoms with Crippen LogP contribution in [0.25, 0.3) is 5.69 Å². The Hall–Kier alpha value is -2.85. The zero-order valence-corrected chi connectivity index (χ0v) is 21.1. The third-order valence-corrected chi connectivity index (χ3v) is 7.37. The highest BCUT2D eigenvalue weighted by molar-refractivity contribution is 6.30.